The molecule has 2 aromatic rings. The Kier molecular flexibility index (Phi) is 7.56. The molecular formula is C14H19ClFN5O2. The van der Waals surface area contributed by atoms with Crippen molar-refractivity contribution in [2.45, 2.75) is 26.1 Å². The number of aliphatic hydroxyl groups excluding tert-OH is 1. The number of ketones is 1. The van der Waals surface area contributed by atoms with Crippen LogP contribution in [0.5, 0.6) is 0 Å². The molecule has 0 saturated heterocycles. The van der Waals surface area contributed by atoms with Crippen LogP contribution in [0.3, 0.4) is 0 Å². The standard InChI is InChI=1S/C14H18FN5O2.ClH/c1-2-9(7-21)5-12(15)19-14-10(6-16-8-17-14)13(22)11-3-4-18-20-11;/h3-4,6,8-9,12,21H,2,5,7H2,1H3,(H,18,20)(H,16,17,19);1H. The van der Waals surface area contributed by atoms with Gasteiger partial charge in [0.15, 0.2) is 6.30 Å². The smallest absolute Gasteiger partial charge is 0.216 e. The second-order valence-corrected chi connectivity index (χ2v) is 4.89. The van der Waals surface area contributed by atoms with E-state index in [1.807, 2.05) is 6.92 Å². The number of hydrogen-bond donors (Lipinski definition) is 3. The molecule has 9 heteroatoms. The molecule has 3 N–H and O–H groups in total. The number of anilines is 1. The van der Waals surface area contributed by atoms with Crippen molar-refractivity contribution in [3.8, 4) is 0 Å². The van der Waals surface area contributed by atoms with Crippen LogP contribution in [0.15, 0.2) is 24.8 Å². The Morgan fingerprint density at radius 3 is 2.91 bits per heavy atom. The van der Waals surface area contributed by atoms with Crippen LogP contribution in [0.2, 0.25) is 0 Å². The minimum absolute atomic E-state index is 0. The molecule has 126 valence electrons. The summed E-state index contributed by atoms with van der Waals surface area (Å²) >= 11 is 0. The molecule has 2 heterocycles. The van der Waals surface area contributed by atoms with Crippen LogP contribution in [0.25, 0.3) is 0 Å². The van der Waals surface area contributed by atoms with Gasteiger partial charge in [-0.15, -0.1) is 12.4 Å². The zero-order valence-electron chi connectivity index (χ0n) is 12.6. The van der Waals surface area contributed by atoms with E-state index in [1.165, 1.54) is 24.8 Å². The summed E-state index contributed by atoms with van der Waals surface area (Å²) in [5.41, 5.74) is 0.432. The van der Waals surface area contributed by atoms with Gasteiger partial charge in [0.2, 0.25) is 5.78 Å². The Labute approximate surface area is 139 Å². The summed E-state index contributed by atoms with van der Waals surface area (Å²) in [4.78, 5) is 20.0. The molecular weight excluding hydrogens is 325 g/mol. The summed E-state index contributed by atoms with van der Waals surface area (Å²) in [6, 6.07) is 1.52. The van der Waals surface area contributed by atoms with Crippen molar-refractivity contribution in [3.05, 3.63) is 36.0 Å². The molecule has 0 spiro atoms. The van der Waals surface area contributed by atoms with Crippen molar-refractivity contribution < 1.29 is 14.3 Å². The Balaban J connectivity index is 0.00000264. The van der Waals surface area contributed by atoms with Gasteiger partial charge in [-0.1, -0.05) is 13.3 Å². The van der Waals surface area contributed by atoms with Gasteiger partial charge >= 0.3 is 0 Å². The number of halogens is 2. The van der Waals surface area contributed by atoms with Crippen molar-refractivity contribution >= 4 is 24.0 Å². The number of nitrogens with one attached hydrogen (secondary N) is 2. The second-order valence-electron chi connectivity index (χ2n) is 4.89. The number of carbonyl (C=O) groups excluding carboxylic acids is 1. The predicted octanol–water partition coefficient (Wildman–Crippen LogP) is 1.97. The number of hydrogen-bond acceptors (Lipinski definition) is 6. The molecule has 2 unspecified atom stereocenters. The number of carbonyl (C=O) groups is 1. The zero-order valence-corrected chi connectivity index (χ0v) is 13.4. The van der Waals surface area contributed by atoms with Crippen LogP contribution in [0.4, 0.5) is 10.2 Å². The number of H-pyrrole nitrogens is 1. The third-order valence-corrected chi connectivity index (χ3v) is 3.37. The fourth-order valence-electron chi connectivity index (χ4n) is 2.01. The SMILES string of the molecule is CCC(CO)CC(F)Nc1ncncc1C(=O)c1ccn[nH]1.Cl. The summed E-state index contributed by atoms with van der Waals surface area (Å²) in [5, 5.41) is 18.0. The fraction of sp³-hybridized carbons (Fsp3) is 0.429. The monoisotopic (exact) mass is 343 g/mol. The van der Waals surface area contributed by atoms with E-state index in [-0.39, 0.29) is 54.2 Å². The van der Waals surface area contributed by atoms with Gasteiger partial charge in [-0.3, -0.25) is 9.89 Å². The maximum absolute atomic E-state index is 14.1. The van der Waals surface area contributed by atoms with E-state index >= 15 is 0 Å². The van der Waals surface area contributed by atoms with Gasteiger partial charge < -0.3 is 10.4 Å². The van der Waals surface area contributed by atoms with Crippen molar-refractivity contribution in [2.75, 3.05) is 11.9 Å². The highest BCUT2D eigenvalue weighted by molar-refractivity contribution is 6.10. The van der Waals surface area contributed by atoms with Crippen LogP contribution < -0.4 is 5.32 Å². The lowest BCUT2D eigenvalue weighted by molar-refractivity contribution is 0.103. The van der Waals surface area contributed by atoms with Crippen LogP contribution in [-0.2, 0) is 0 Å². The first-order valence-corrected chi connectivity index (χ1v) is 7.01. The fourth-order valence-corrected chi connectivity index (χ4v) is 2.01. The highest BCUT2D eigenvalue weighted by Gasteiger charge is 2.20. The van der Waals surface area contributed by atoms with Crippen molar-refractivity contribution in [3.63, 3.8) is 0 Å². The van der Waals surface area contributed by atoms with Crippen LogP contribution in [0.1, 0.15) is 35.8 Å². The maximum atomic E-state index is 14.1. The number of aromatic nitrogens is 4. The first-order valence-electron chi connectivity index (χ1n) is 7.01. The Hall–Kier alpha value is -2.06. The Morgan fingerprint density at radius 2 is 2.30 bits per heavy atom. The normalized spacial score (nSPS) is 13.0. The third kappa shape index (κ3) is 4.97. The second kappa shape index (κ2) is 9.16. The van der Waals surface area contributed by atoms with Gasteiger partial charge in [0, 0.05) is 25.4 Å². The van der Waals surface area contributed by atoms with Crippen LogP contribution in [-0.4, -0.2) is 44.0 Å². The third-order valence-electron chi connectivity index (χ3n) is 3.37. The lowest BCUT2D eigenvalue weighted by atomic mass is 10.0. The lowest BCUT2D eigenvalue weighted by Crippen LogP contribution is -2.22. The largest absolute Gasteiger partial charge is 0.396 e. The zero-order chi connectivity index (χ0) is 15.9. The molecule has 23 heavy (non-hydrogen) atoms. The maximum Gasteiger partial charge on any atom is 0.216 e. The van der Waals surface area contributed by atoms with E-state index in [0.29, 0.717) is 6.42 Å². The summed E-state index contributed by atoms with van der Waals surface area (Å²) in [6.07, 6.45) is 3.41. The van der Waals surface area contributed by atoms with E-state index < -0.39 is 6.30 Å². The number of aliphatic hydroxyl groups is 1. The number of aromatic amines is 1. The van der Waals surface area contributed by atoms with E-state index in [4.69, 9.17) is 5.11 Å². The molecule has 7 nitrogen and oxygen atoms in total. The predicted molar refractivity (Wildman–Crippen MR) is 85.3 cm³/mol. The first kappa shape index (κ1) is 19.0. The van der Waals surface area contributed by atoms with E-state index in [0.717, 1.165) is 0 Å². The van der Waals surface area contributed by atoms with E-state index in [1.54, 1.807) is 0 Å². The van der Waals surface area contributed by atoms with Crippen LogP contribution in [0, 0.1) is 5.92 Å². The number of nitrogens with zero attached hydrogens (tertiary/aromatic N) is 3. The molecule has 2 rings (SSSR count). The molecule has 0 amide bonds. The van der Waals surface area contributed by atoms with Gasteiger partial charge in [-0.05, 0) is 12.0 Å². The summed E-state index contributed by atoms with van der Waals surface area (Å²) in [7, 11) is 0. The molecule has 0 aromatic carbocycles. The molecule has 0 saturated carbocycles. The molecule has 0 aliphatic carbocycles. The highest BCUT2D eigenvalue weighted by atomic mass is 35.5. The Morgan fingerprint density at radius 1 is 1.52 bits per heavy atom. The minimum atomic E-state index is -1.42. The van der Waals surface area contributed by atoms with Gasteiger partial charge in [0.05, 0.1) is 5.56 Å². The molecule has 0 aliphatic heterocycles. The van der Waals surface area contributed by atoms with Gasteiger partial charge in [-0.2, -0.15) is 5.10 Å². The van der Waals surface area contributed by atoms with Crippen molar-refractivity contribution in [2.24, 2.45) is 5.92 Å². The van der Waals surface area contributed by atoms with Gasteiger partial charge in [-0.25, -0.2) is 14.4 Å². The molecule has 0 aliphatic rings. The van der Waals surface area contributed by atoms with E-state index in [9.17, 15) is 9.18 Å². The quantitative estimate of drug-likeness (QED) is 0.500. The first-order chi connectivity index (χ1) is 10.7. The van der Waals surface area contributed by atoms with Crippen LogP contribution >= 0.6 is 12.4 Å². The average Bonchev–Trinajstić information content (AvgIpc) is 3.07. The summed E-state index contributed by atoms with van der Waals surface area (Å²) in [5.74, 6) is -0.395. The molecule has 0 bridgehead atoms. The molecule has 0 radical (unpaired) electrons. The van der Waals surface area contributed by atoms with Gasteiger partial charge in [0.25, 0.3) is 0 Å². The van der Waals surface area contributed by atoms with Gasteiger partial charge in [0.1, 0.15) is 17.8 Å². The summed E-state index contributed by atoms with van der Waals surface area (Å²) < 4.78 is 14.1. The lowest BCUT2D eigenvalue weighted by Gasteiger charge is -2.17. The van der Waals surface area contributed by atoms with E-state index in [2.05, 4.69) is 25.5 Å². The van der Waals surface area contributed by atoms with Crippen molar-refractivity contribution in [1.82, 2.24) is 20.2 Å². The molecule has 2 aromatic heterocycles. The van der Waals surface area contributed by atoms with Crippen molar-refractivity contribution in [1.29, 1.82) is 0 Å². The molecule has 0 fully saturated rings. The molecule has 2 atom stereocenters. The average molecular weight is 344 g/mol. The Bertz CT molecular complexity index is 607. The highest BCUT2D eigenvalue weighted by Crippen LogP contribution is 2.19. The minimum Gasteiger partial charge on any atom is -0.396 e. The summed E-state index contributed by atoms with van der Waals surface area (Å²) in [6.45, 7) is 1.80. The number of rotatable bonds is 8. The topological polar surface area (TPSA) is 104 Å². The number of alkyl halides is 1.